The molecule has 3 nitrogen and oxygen atoms in total. The van der Waals surface area contributed by atoms with E-state index < -0.39 is 11.7 Å². The fourth-order valence-electron chi connectivity index (χ4n) is 1.06. The Balaban J connectivity index is 3.08. The molecule has 0 fully saturated rings. The van der Waals surface area contributed by atoms with Gasteiger partial charge in [0.15, 0.2) is 0 Å². The van der Waals surface area contributed by atoms with Crippen LogP contribution in [0.4, 0.5) is 19.0 Å². The van der Waals surface area contributed by atoms with E-state index in [-0.39, 0.29) is 22.9 Å². The van der Waals surface area contributed by atoms with Crippen molar-refractivity contribution in [3.05, 3.63) is 22.3 Å². The van der Waals surface area contributed by atoms with Crippen molar-refractivity contribution in [2.75, 3.05) is 11.9 Å². The van der Waals surface area contributed by atoms with Gasteiger partial charge in [0.2, 0.25) is 0 Å². The van der Waals surface area contributed by atoms with Crippen molar-refractivity contribution in [3.8, 4) is 0 Å². The molecule has 0 radical (unpaired) electrons. The van der Waals surface area contributed by atoms with Crippen LogP contribution in [0, 0.1) is 0 Å². The minimum Gasteiger partial charge on any atom is -0.366 e. The van der Waals surface area contributed by atoms with E-state index >= 15 is 0 Å². The first-order valence-corrected chi connectivity index (χ1v) is 5.33. The lowest BCUT2D eigenvalue weighted by atomic mass is 10.2. The second kappa shape index (κ2) is 5.01. The lowest BCUT2D eigenvalue weighted by Gasteiger charge is -2.17. The van der Waals surface area contributed by atoms with Crippen LogP contribution in [-0.4, -0.2) is 17.6 Å². The molecule has 90 valence electrons. The Bertz CT molecular complexity index is 368. The number of halogens is 4. The van der Waals surface area contributed by atoms with E-state index in [1.54, 1.807) is 6.92 Å². The largest absolute Gasteiger partial charge is 0.419 e. The number of nitrogens with zero attached hydrogens (tertiary/aromatic N) is 1. The van der Waals surface area contributed by atoms with Crippen LogP contribution in [-0.2, 0) is 6.18 Å². The van der Waals surface area contributed by atoms with Gasteiger partial charge in [0.05, 0.1) is 5.56 Å². The lowest BCUT2D eigenvalue weighted by molar-refractivity contribution is -0.137. The molecule has 3 N–H and O–H groups in total. The van der Waals surface area contributed by atoms with Gasteiger partial charge < -0.3 is 11.1 Å². The Morgan fingerprint density at radius 3 is 2.69 bits per heavy atom. The van der Waals surface area contributed by atoms with E-state index in [0.717, 1.165) is 6.07 Å². The molecule has 1 rings (SSSR count). The Labute approximate surface area is 99.4 Å². The van der Waals surface area contributed by atoms with E-state index in [4.69, 9.17) is 5.73 Å². The lowest BCUT2D eigenvalue weighted by Crippen LogP contribution is -2.27. The third kappa shape index (κ3) is 3.34. The first-order chi connectivity index (χ1) is 7.34. The number of alkyl halides is 3. The molecule has 0 aliphatic heterocycles. The van der Waals surface area contributed by atoms with Crippen molar-refractivity contribution < 1.29 is 13.2 Å². The van der Waals surface area contributed by atoms with E-state index in [2.05, 4.69) is 26.2 Å². The Kier molecular flexibility index (Phi) is 4.15. The van der Waals surface area contributed by atoms with E-state index in [0.29, 0.717) is 0 Å². The second-order valence-corrected chi connectivity index (χ2v) is 4.24. The summed E-state index contributed by atoms with van der Waals surface area (Å²) >= 11 is 2.96. The number of anilines is 1. The molecule has 0 amide bonds. The molecule has 1 heterocycles. The highest BCUT2D eigenvalue weighted by atomic mass is 79.9. The van der Waals surface area contributed by atoms with Crippen molar-refractivity contribution in [2.45, 2.75) is 19.1 Å². The molecule has 0 saturated heterocycles. The Hall–Kier alpha value is -0.820. The van der Waals surface area contributed by atoms with Gasteiger partial charge in [0, 0.05) is 23.3 Å². The first kappa shape index (κ1) is 13.2. The molecule has 0 saturated carbocycles. The van der Waals surface area contributed by atoms with Crippen LogP contribution in [0.5, 0.6) is 0 Å². The van der Waals surface area contributed by atoms with Crippen molar-refractivity contribution in [1.82, 2.24) is 4.98 Å². The second-order valence-electron chi connectivity index (χ2n) is 3.33. The molecule has 0 aliphatic carbocycles. The summed E-state index contributed by atoms with van der Waals surface area (Å²) in [7, 11) is 0. The maximum Gasteiger partial charge on any atom is 0.419 e. The van der Waals surface area contributed by atoms with Crippen LogP contribution >= 0.6 is 15.9 Å². The van der Waals surface area contributed by atoms with Gasteiger partial charge in [-0.25, -0.2) is 4.98 Å². The standard InChI is InChI=1S/C9H11BrF3N3/c1-5(3-14)16-8-7(9(11,12)13)2-6(10)4-15-8/h2,4-5H,3,14H2,1H3,(H,15,16). The van der Waals surface area contributed by atoms with Crippen molar-refractivity contribution in [1.29, 1.82) is 0 Å². The highest BCUT2D eigenvalue weighted by molar-refractivity contribution is 9.10. The third-order valence-corrected chi connectivity index (χ3v) is 2.33. The van der Waals surface area contributed by atoms with Gasteiger partial charge >= 0.3 is 6.18 Å². The normalized spacial score (nSPS) is 13.6. The molecule has 1 atom stereocenters. The molecule has 1 aromatic heterocycles. The van der Waals surface area contributed by atoms with Crippen molar-refractivity contribution in [3.63, 3.8) is 0 Å². The maximum absolute atomic E-state index is 12.7. The van der Waals surface area contributed by atoms with Crippen LogP contribution in [0.3, 0.4) is 0 Å². The van der Waals surface area contributed by atoms with Crippen molar-refractivity contribution in [2.24, 2.45) is 5.73 Å². The highest BCUT2D eigenvalue weighted by Crippen LogP contribution is 2.35. The summed E-state index contributed by atoms with van der Waals surface area (Å²) in [6, 6.07) is 0.716. The van der Waals surface area contributed by atoms with Crippen LogP contribution in [0.15, 0.2) is 16.7 Å². The van der Waals surface area contributed by atoms with Gasteiger partial charge in [-0.1, -0.05) is 0 Å². The van der Waals surface area contributed by atoms with Gasteiger partial charge in [-0.3, -0.25) is 0 Å². The molecule has 0 aliphatic rings. The SMILES string of the molecule is CC(CN)Nc1ncc(Br)cc1C(F)(F)F. The number of pyridine rings is 1. The predicted molar refractivity (Wildman–Crippen MR) is 59.1 cm³/mol. The summed E-state index contributed by atoms with van der Waals surface area (Å²) in [6.07, 6.45) is -3.13. The van der Waals surface area contributed by atoms with Crippen molar-refractivity contribution >= 4 is 21.7 Å². The predicted octanol–water partition coefficient (Wildman–Crippen LogP) is 2.62. The van der Waals surface area contributed by atoms with E-state index in [9.17, 15) is 13.2 Å². The first-order valence-electron chi connectivity index (χ1n) is 4.54. The minimum atomic E-state index is -4.44. The molecule has 0 spiro atoms. The minimum absolute atomic E-state index is 0.200. The van der Waals surface area contributed by atoms with Crippen LogP contribution in [0.2, 0.25) is 0 Å². The number of hydrogen-bond donors (Lipinski definition) is 2. The summed E-state index contributed by atoms with van der Waals surface area (Å²) in [4.78, 5) is 3.70. The molecule has 1 aromatic rings. The van der Waals surface area contributed by atoms with Crippen LogP contribution in [0.25, 0.3) is 0 Å². The highest BCUT2D eigenvalue weighted by Gasteiger charge is 2.34. The van der Waals surface area contributed by atoms with Gasteiger partial charge in [0.1, 0.15) is 5.82 Å². The van der Waals surface area contributed by atoms with Gasteiger partial charge in [-0.2, -0.15) is 13.2 Å². The van der Waals surface area contributed by atoms with E-state index in [1.807, 2.05) is 0 Å². The summed E-state index contributed by atoms with van der Waals surface area (Å²) < 4.78 is 38.2. The average Bonchev–Trinajstić information content (AvgIpc) is 2.19. The number of nitrogens with one attached hydrogen (secondary N) is 1. The quantitative estimate of drug-likeness (QED) is 0.902. The number of hydrogen-bond acceptors (Lipinski definition) is 3. The van der Waals surface area contributed by atoms with E-state index in [1.165, 1.54) is 6.20 Å². The summed E-state index contributed by atoms with van der Waals surface area (Å²) in [6.45, 7) is 1.92. The number of nitrogens with two attached hydrogens (primary N) is 1. The van der Waals surface area contributed by atoms with Gasteiger partial charge in [-0.15, -0.1) is 0 Å². The molecular weight excluding hydrogens is 287 g/mol. The zero-order valence-corrected chi connectivity index (χ0v) is 10.1. The Morgan fingerprint density at radius 1 is 1.56 bits per heavy atom. The zero-order chi connectivity index (χ0) is 12.3. The van der Waals surface area contributed by atoms with Gasteiger partial charge in [-0.05, 0) is 28.9 Å². The topological polar surface area (TPSA) is 50.9 Å². The molecule has 1 unspecified atom stereocenters. The van der Waals surface area contributed by atoms with Crippen LogP contribution < -0.4 is 11.1 Å². The van der Waals surface area contributed by atoms with Crippen LogP contribution in [0.1, 0.15) is 12.5 Å². The molecular formula is C9H11BrF3N3. The summed E-state index contributed by atoms with van der Waals surface area (Å²) in [5.41, 5.74) is 4.52. The number of rotatable bonds is 3. The summed E-state index contributed by atoms with van der Waals surface area (Å²) in [5, 5.41) is 2.62. The van der Waals surface area contributed by atoms with Gasteiger partial charge in [0.25, 0.3) is 0 Å². The molecule has 7 heteroatoms. The monoisotopic (exact) mass is 297 g/mol. The fourth-order valence-corrected chi connectivity index (χ4v) is 1.39. The zero-order valence-electron chi connectivity index (χ0n) is 8.48. The number of aromatic nitrogens is 1. The average molecular weight is 298 g/mol. The fraction of sp³-hybridized carbons (Fsp3) is 0.444. The Morgan fingerprint density at radius 2 is 2.19 bits per heavy atom. The third-order valence-electron chi connectivity index (χ3n) is 1.90. The molecule has 0 bridgehead atoms. The maximum atomic E-state index is 12.7. The smallest absolute Gasteiger partial charge is 0.366 e. The molecule has 16 heavy (non-hydrogen) atoms. The summed E-state index contributed by atoms with van der Waals surface area (Å²) in [5.74, 6) is -0.200. The molecule has 0 aromatic carbocycles.